The quantitative estimate of drug-likeness (QED) is 0.780. The second kappa shape index (κ2) is 5.02. The van der Waals surface area contributed by atoms with Gasteiger partial charge in [-0.2, -0.15) is 0 Å². The molecule has 3 heterocycles. The molecule has 2 unspecified atom stereocenters. The Labute approximate surface area is 113 Å². The van der Waals surface area contributed by atoms with E-state index in [4.69, 9.17) is 11.6 Å². The van der Waals surface area contributed by atoms with Crippen LogP contribution in [0.3, 0.4) is 0 Å². The van der Waals surface area contributed by atoms with Crippen molar-refractivity contribution in [3.63, 3.8) is 0 Å². The van der Waals surface area contributed by atoms with Crippen molar-refractivity contribution in [2.45, 2.75) is 38.3 Å². The van der Waals surface area contributed by atoms with Gasteiger partial charge in [-0.15, -0.1) is 0 Å². The van der Waals surface area contributed by atoms with E-state index in [9.17, 15) is 0 Å². The van der Waals surface area contributed by atoms with Crippen molar-refractivity contribution >= 4 is 17.4 Å². The highest BCUT2D eigenvalue weighted by Crippen LogP contribution is 2.27. The molecule has 0 aliphatic carbocycles. The van der Waals surface area contributed by atoms with E-state index < -0.39 is 0 Å². The topological polar surface area (TPSA) is 32.3 Å². The number of anilines is 1. The van der Waals surface area contributed by atoms with Gasteiger partial charge in [0.25, 0.3) is 0 Å². The van der Waals surface area contributed by atoms with Crippen molar-refractivity contribution in [1.29, 1.82) is 0 Å². The lowest BCUT2D eigenvalue weighted by Crippen LogP contribution is -2.59. The smallest absolute Gasteiger partial charge is 0.149 e. The van der Waals surface area contributed by atoms with Crippen molar-refractivity contribution < 1.29 is 0 Å². The molecule has 0 amide bonds. The van der Waals surface area contributed by atoms with Crippen LogP contribution in [0.1, 0.15) is 26.2 Å². The zero-order chi connectivity index (χ0) is 12.5. The highest BCUT2D eigenvalue weighted by atomic mass is 35.5. The van der Waals surface area contributed by atoms with E-state index in [2.05, 4.69) is 26.7 Å². The lowest BCUT2D eigenvalue weighted by atomic mass is 9.97. The lowest BCUT2D eigenvalue weighted by Gasteiger charge is -2.47. The number of aromatic nitrogens is 2. The Morgan fingerprint density at radius 1 is 1.28 bits per heavy atom. The fourth-order valence-electron chi connectivity index (χ4n) is 3.14. The molecule has 4 nitrogen and oxygen atoms in total. The maximum absolute atomic E-state index is 5.94. The third-order valence-electron chi connectivity index (χ3n) is 4.07. The van der Waals surface area contributed by atoms with Crippen LogP contribution in [0.4, 0.5) is 5.82 Å². The van der Waals surface area contributed by atoms with Crippen LogP contribution in [0.15, 0.2) is 12.4 Å². The summed E-state index contributed by atoms with van der Waals surface area (Å²) in [6, 6.07) is 1.16. The number of rotatable bonds is 1. The molecular formula is C13H19ClN4. The summed E-state index contributed by atoms with van der Waals surface area (Å²) in [4.78, 5) is 13.5. The summed E-state index contributed by atoms with van der Waals surface area (Å²) >= 11 is 5.94. The first kappa shape index (κ1) is 12.2. The third kappa shape index (κ3) is 2.31. The Hall–Kier alpha value is -0.870. The van der Waals surface area contributed by atoms with E-state index >= 15 is 0 Å². The Balaban J connectivity index is 1.80. The molecule has 1 aromatic heterocycles. The van der Waals surface area contributed by atoms with Crippen LogP contribution in [0.2, 0.25) is 5.15 Å². The van der Waals surface area contributed by atoms with Crippen molar-refractivity contribution in [3.05, 3.63) is 17.5 Å². The van der Waals surface area contributed by atoms with Gasteiger partial charge in [-0.3, -0.25) is 9.88 Å². The molecule has 0 radical (unpaired) electrons. The van der Waals surface area contributed by atoms with E-state index in [1.807, 2.05) is 6.20 Å². The molecule has 2 aliphatic rings. The fourth-order valence-corrected chi connectivity index (χ4v) is 3.29. The molecule has 0 aromatic carbocycles. The molecule has 2 saturated heterocycles. The molecule has 0 N–H and O–H groups in total. The average Bonchev–Trinajstić information content (AvgIpc) is 2.38. The minimum absolute atomic E-state index is 0.478. The average molecular weight is 267 g/mol. The van der Waals surface area contributed by atoms with Gasteiger partial charge in [0.15, 0.2) is 0 Å². The molecule has 0 bridgehead atoms. The Morgan fingerprint density at radius 2 is 2.17 bits per heavy atom. The maximum atomic E-state index is 5.94. The van der Waals surface area contributed by atoms with Crippen LogP contribution >= 0.6 is 11.6 Å². The maximum Gasteiger partial charge on any atom is 0.149 e. The van der Waals surface area contributed by atoms with Gasteiger partial charge in [-0.25, -0.2) is 4.98 Å². The van der Waals surface area contributed by atoms with Crippen LogP contribution in [0.25, 0.3) is 0 Å². The Morgan fingerprint density at radius 3 is 3.00 bits per heavy atom. The van der Waals surface area contributed by atoms with Crippen molar-refractivity contribution in [1.82, 2.24) is 14.9 Å². The highest BCUT2D eigenvalue weighted by molar-refractivity contribution is 6.29. The van der Waals surface area contributed by atoms with Crippen LogP contribution in [0.5, 0.6) is 0 Å². The molecule has 2 aliphatic heterocycles. The van der Waals surface area contributed by atoms with Gasteiger partial charge in [-0.05, 0) is 26.3 Å². The molecule has 3 rings (SSSR count). The van der Waals surface area contributed by atoms with Crippen molar-refractivity contribution in [2.24, 2.45) is 0 Å². The Kier molecular flexibility index (Phi) is 3.39. The molecule has 5 heteroatoms. The minimum atomic E-state index is 0.478. The molecule has 2 atom stereocenters. The molecule has 0 saturated carbocycles. The second-order valence-corrected chi connectivity index (χ2v) is 5.73. The van der Waals surface area contributed by atoms with E-state index in [1.54, 1.807) is 6.20 Å². The van der Waals surface area contributed by atoms with Gasteiger partial charge in [0.1, 0.15) is 11.0 Å². The zero-order valence-corrected chi connectivity index (χ0v) is 11.5. The predicted octanol–water partition coefficient (Wildman–Crippen LogP) is 2.19. The molecule has 1 aromatic rings. The summed E-state index contributed by atoms with van der Waals surface area (Å²) in [7, 11) is 0. The van der Waals surface area contributed by atoms with Crippen LogP contribution in [0, 0.1) is 0 Å². The number of fused-ring (bicyclic) bond motifs is 1. The van der Waals surface area contributed by atoms with Gasteiger partial charge in [0.2, 0.25) is 0 Å². The summed E-state index contributed by atoms with van der Waals surface area (Å²) in [5, 5.41) is 0.478. The van der Waals surface area contributed by atoms with Crippen molar-refractivity contribution in [3.8, 4) is 0 Å². The second-order valence-electron chi connectivity index (χ2n) is 5.35. The van der Waals surface area contributed by atoms with Crippen LogP contribution in [-0.2, 0) is 0 Å². The molecular weight excluding hydrogens is 248 g/mol. The van der Waals surface area contributed by atoms with E-state index in [0.29, 0.717) is 17.2 Å². The minimum Gasteiger partial charge on any atom is -0.350 e. The number of piperazine rings is 1. The number of halogens is 1. The SMILES string of the molecule is CC1CN2CCCCC2CN1c1cncc(Cl)n1. The summed E-state index contributed by atoms with van der Waals surface area (Å²) < 4.78 is 0. The number of hydrogen-bond acceptors (Lipinski definition) is 4. The van der Waals surface area contributed by atoms with Crippen LogP contribution in [-0.4, -0.2) is 46.6 Å². The normalized spacial score (nSPS) is 29.1. The van der Waals surface area contributed by atoms with Crippen LogP contribution < -0.4 is 4.90 Å². The first-order valence-corrected chi connectivity index (χ1v) is 7.10. The summed E-state index contributed by atoms with van der Waals surface area (Å²) in [6.07, 6.45) is 7.41. The monoisotopic (exact) mass is 266 g/mol. The molecule has 98 valence electrons. The molecule has 0 spiro atoms. The van der Waals surface area contributed by atoms with Crippen molar-refractivity contribution in [2.75, 3.05) is 24.5 Å². The number of piperidine rings is 1. The van der Waals surface area contributed by atoms with E-state index in [-0.39, 0.29) is 0 Å². The third-order valence-corrected chi connectivity index (χ3v) is 4.26. The largest absolute Gasteiger partial charge is 0.350 e. The predicted molar refractivity (Wildman–Crippen MR) is 73.1 cm³/mol. The van der Waals surface area contributed by atoms with Gasteiger partial charge in [0, 0.05) is 25.2 Å². The summed E-state index contributed by atoms with van der Waals surface area (Å²) in [6.45, 7) is 5.69. The highest BCUT2D eigenvalue weighted by Gasteiger charge is 2.33. The molecule has 18 heavy (non-hydrogen) atoms. The van der Waals surface area contributed by atoms with E-state index in [1.165, 1.54) is 25.8 Å². The number of nitrogens with zero attached hydrogens (tertiary/aromatic N) is 4. The van der Waals surface area contributed by atoms with Gasteiger partial charge in [-0.1, -0.05) is 18.0 Å². The zero-order valence-electron chi connectivity index (χ0n) is 10.7. The molecule has 2 fully saturated rings. The van der Waals surface area contributed by atoms with E-state index in [0.717, 1.165) is 18.9 Å². The summed E-state index contributed by atoms with van der Waals surface area (Å²) in [5.74, 6) is 0.917. The van der Waals surface area contributed by atoms with Gasteiger partial charge >= 0.3 is 0 Å². The standard InChI is InChI=1S/C13H19ClN4/c1-10-8-17-5-3-2-4-11(17)9-18(10)13-7-15-6-12(14)16-13/h6-7,10-11H,2-5,8-9H2,1H3. The lowest BCUT2D eigenvalue weighted by molar-refractivity contribution is 0.115. The first-order valence-electron chi connectivity index (χ1n) is 6.72. The number of hydrogen-bond donors (Lipinski definition) is 0. The first-order chi connectivity index (χ1) is 8.74. The van der Waals surface area contributed by atoms with Gasteiger partial charge in [0.05, 0.1) is 12.4 Å². The van der Waals surface area contributed by atoms with Gasteiger partial charge < -0.3 is 4.90 Å². The fraction of sp³-hybridized carbons (Fsp3) is 0.692. The summed E-state index contributed by atoms with van der Waals surface area (Å²) in [5.41, 5.74) is 0. The Bertz CT molecular complexity index is 425.